The van der Waals surface area contributed by atoms with Crippen molar-refractivity contribution in [2.75, 3.05) is 11.4 Å². The van der Waals surface area contributed by atoms with Crippen molar-refractivity contribution in [2.45, 2.75) is 32.5 Å². The molecule has 0 unspecified atom stereocenters. The van der Waals surface area contributed by atoms with Crippen LogP contribution in [0.25, 0.3) is 0 Å². The standard InChI is InChI=1S/C20H19F3N2O2/c1-3-16(14-8-5-4-6-9-14)24-12-18(26)25(19(24)27)17-11-7-10-15(13(17)2)20(21,22)23/h4-11,16H,3,12H2,1-2H3/t16-/m0/s1. The first-order valence-corrected chi connectivity index (χ1v) is 8.61. The molecule has 1 aliphatic rings. The monoisotopic (exact) mass is 376 g/mol. The van der Waals surface area contributed by atoms with Crippen molar-refractivity contribution in [3.05, 3.63) is 65.2 Å². The van der Waals surface area contributed by atoms with Crippen molar-refractivity contribution in [3.63, 3.8) is 0 Å². The third-order valence-corrected chi connectivity index (χ3v) is 4.79. The van der Waals surface area contributed by atoms with Crippen LogP contribution < -0.4 is 4.90 Å². The second-order valence-corrected chi connectivity index (χ2v) is 6.42. The van der Waals surface area contributed by atoms with Gasteiger partial charge in [-0.05, 0) is 36.6 Å². The number of amides is 3. The van der Waals surface area contributed by atoms with Gasteiger partial charge in [-0.3, -0.25) is 4.79 Å². The van der Waals surface area contributed by atoms with E-state index in [4.69, 9.17) is 0 Å². The van der Waals surface area contributed by atoms with E-state index >= 15 is 0 Å². The van der Waals surface area contributed by atoms with E-state index in [0.717, 1.165) is 16.5 Å². The zero-order valence-electron chi connectivity index (χ0n) is 15.0. The zero-order chi connectivity index (χ0) is 19.8. The van der Waals surface area contributed by atoms with E-state index in [0.29, 0.717) is 6.42 Å². The fourth-order valence-electron chi connectivity index (χ4n) is 3.48. The summed E-state index contributed by atoms with van der Waals surface area (Å²) >= 11 is 0. The van der Waals surface area contributed by atoms with Gasteiger partial charge in [-0.25, -0.2) is 9.69 Å². The lowest BCUT2D eigenvalue weighted by molar-refractivity contribution is -0.138. The summed E-state index contributed by atoms with van der Waals surface area (Å²) in [6, 6.07) is 11.9. The van der Waals surface area contributed by atoms with Gasteiger partial charge in [0.2, 0.25) is 0 Å². The third-order valence-electron chi connectivity index (χ3n) is 4.79. The topological polar surface area (TPSA) is 40.6 Å². The van der Waals surface area contributed by atoms with Crippen molar-refractivity contribution < 1.29 is 22.8 Å². The maximum Gasteiger partial charge on any atom is 0.416 e. The highest BCUT2D eigenvalue weighted by Gasteiger charge is 2.42. The van der Waals surface area contributed by atoms with Crippen molar-refractivity contribution in [3.8, 4) is 0 Å². The number of alkyl halides is 3. The summed E-state index contributed by atoms with van der Waals surface area (Å²) in [5.74, 6) is -0.531. The fraction of sp³-hybridized carbons (Fsp3) is 0.300. The quantitative estimate of drug-likeness (QED) is 0.710. The van der Waals surface area contributed by atoms with Crippen molar-refractivity contribution in [1.82, 2.24) is 4.90 Å². The second kappa shape index (κ2) is 7.06. The zero-order valence-corrected chi connectivity index (χ0v) is 15.0. The van der Waals surface area contributed by atoms with Crippen LogP contribution >= 0.6 is 0 Å². The molecule has 1 atom stereocenters. The molecule has 0 aliphatic carbocycles. The maximum absolute atomic E-state index is 13.2. The van der Waals surface area contributed by atoms with Crippen molar-refractivity contribution >= 4 is 17.6 Å². The predicted molar refractivity (Wildman–Crippen MR) is 95.2 cm³/mol. The number of imide groups is 1. The molecular weight excluding hydrogens is 357 g/mol. The Morgan fingerprint density at radius 3 is 2.30 bits per heavy atom. The SMILES string of the molecule is CC[C@@H](c1ccccc1)N1CC(=O)N(c2cccc(C(F)(F)F)c2C)C1=O. The Bertz CT molecular complexity index is 865. The lowest BCUT2D eigenvalue weighted by Gasteiger charge is -2.27. The first-order chi connectivity index (χ1) is 12.8. The maximum atomic E-state index is 13.2. The summed E-state index contributed by atoms with van der Waals surface area (Å²) in [7, 11) is 0. The van der Waals surface area contributed by atoms with Gasteiger partial charge in [0.1, 0.15) is 6.54 Å². The molecule has 2 aromatic rings. The van der Waals surface area contributed by atoms with Crippen LogP contribution in [0.3, 0.4) is 0 Å². The second-order valence-electron chi connectivity index (χ2n) is 6.42. The van der Waals surface area contributed by atoms with Crippen LogP contribution in [0.5, 0.6) is 0 Å². The molecule has 2 aromatic carbocycles. The molecular formula is C20H19F3N2O2. The van der Waals surface area contributed by atoms with Gasteiger partial charge in [0, 0.05) is 0 Å². The van der Waals surface area contributed by atoms with Crippen LogP contribution in [0.15, 0.2) is 48.5 Å². The van der Waals surface area contributed by atoms with Crippen LogP contribution in [0.1, 0.15) is 36.1 Å². The molecule has 0 spiro atoms. The average molecular weight is 376 g/mol. The highest BCUT2D eigenvalue weighted by atomic mass is 19.4. The summed E-state index contributed by atoms with van der Waals surface area (Å²) in [6.45, 7) is 3.01. The van der Waals surface area contributed by atoms with E-state index in [1.54, 1.807) is 0 Å². The molecule has 4 nitrogen and oxygen atoms in total. The van der Waals surface area contributed by atoms with Crippen LogP contribution in [-0.2, 0) is 11.0 Å². The highest BCUT2D eigenvalue weighted by Crippen LogP contribution is 2.38. The summed E-state index contributed by atoms with van der Waals surface area (Å²) in [5, 5.41) is 0. The largest absolute Gasteiger partial charge is 0.416 e. The van der Waals surface area contributed by atoms with Crippen molar-refractivity contribution in [1.29, 1.82) is 0 Å². The first kappa shape index (κ1) is 18.9. The number of anilines is 1. The number of benzene rings is 2. The number of halogens is 3. The molecule has 1 fully saturated rings. The Balaban J connectivity index is 1.98. The lowest BCUT2D eigenvalue weighted by atomic mass is 10.0. The van der Waals surface area contributed by atoms with Crippen LogP contribution in [0.4, 0.5) is 23.7 Å². The number of carbonyl (C=O) groups is 2. The van der Waals surface area contributed by atoms with E-state index in [1.165, 1.54) is 24.0 Å². The van der Waals surface area contributed by atoms with E-state index in [9.17, 15) is 22.8 Å². The molecule has 0 aromatic heterocycles. The average Bonchev–Trinajstić information content (AvgIpc) is 2.90. The van der Waals surface area contributed by atoms with E-state index in [1.807, 2.05) is 37.3 Å². The molecule has 1 heterocycles. The minimum Gasteiger partial charge on any atom is -0.308 e. The first-order valence-electron chi connectivity index (χ1n) is 8.61. The summed E-state index contributed by atoms with van der Waals surface area (Å²) < 4.78 is 39.6. The number of rotatable bonds is 4. The molecule has 142 valence electrons. The number of hydrogen-bond acceptors (Lipinski definition) is 2. The minimum absolute atomic E-state index is 0.0229. The van der Waals surface area contributed by atoms with Crippen LogP contribution in [0.2, 0.25) is 0 Å². The van der Waals surface area contributed by atoms with E-state index < -0.39 is 23.7 Å². The Hall–Kier alpha value is -2.83. The van der Waals surface area contributed by atoms with Gasteiger partial charge in [-0.15, -0.1) is 0 Å². The summed E-state index contributed by atoms with van der Waals surface area (Å²) in [4.78, 5) is 27.8. The Morgan fingerprint density at radius 2 is 1.70 bits per heavy atom. The normalized spacial score (nSPS) is 16.2. The smallest absolute Gasteiger partial charge is 0.308 e. The van der Waals surface area contributed by atoms with E-state index in [2.05, 4.69) is 0 Å². The van der Waals surface area contributed by atoms with Gasteiger partial charge in [-0.1, -0.05) is 43.3 Å². The summed E-state index contributed by atoms with van der Waals surface area (Å²) in [6.07, 6.45) is -3.97. The number of hydrogen-bond donors (Lipinski definition) is 0. The Labute approximate surface area is 155 Å². The van der Waals surface area contributed by atoms with E-state index in [-0.39, 0.29) is 23.8 Å². The molecule has 27 heavy (non-hydrogen) atoms. The third kappa shape index (κ3) is 3.41. The van der Waals surface area contributed by atoms with Crippen LogP contribution in [0, 0.1) is 6.92 Å². The van der Waals surface area contributed by atoms with Gasteiger partial charge in [-0.2, -0.15) is 13.2 Å². The Morgan fingerprint density at radius 1 is 1.04 bits per heavy atom. The molecule has 0 N–H and O–H groups in total. The molecule has 1 aliphatic heterocycles. The van der Waals surface area contributed by atoms with Gasteiger partial charge in [0.25, 0.3) is 5.91 Å². The number of nitrogens with zero attached hydrogens (tertiary/aromatic N) is 2. The van der Waals surface area contributed by atoms with Gasteiger partial charge in [0.15, 0.2) is 0 Å². The molecule has 0 saturated carbocycles. The van der Waals surface area contributed by atoms with Crippen LogP contribution in [-0.4, -0.2) is 23.4 Å². The number of carbonyl (C=O) groups excluding carboxylic acids is 2. The molecule has 0 radical (unpaired) electrons. The van der Waals surface area contributed by atoms with Crippen molar-refractivity contribution in [2.24, 2.45) is 0 Å². The number of urea groups is 1. The molecule has 0 bridgehead atoms. The molecule has 1 saturated heterocycles. The fourth-order valence-corrected chi connectivity index (χ4v) is 3.48. The highest BCUT2D eigenvalue weighted by molar-refractivity contribution is 6.20. The summed E-state index contributed by atoms with van der Waals surface area (Å²) in [5.41, 5.74) is -0.135. The Kier molecular flexibility index (Phi) is 4.95. The molecule has 3 amide bonds. The molecule has 3 rings (SSSR count). The lowest BCUT2D eigenvalue weighted by Crippen LogP contribution is -2.35. The van der Waals surface area contributed by atoms with Gasteiger partial charge in [0.05, 0.1) is 17.3 Å². The van der Waals surface area contributed by atoms with Gasteiger partial charge < -0.3 is 4.90 Å². The molecule has 7 heteroatoms. The predicted octanol–water partition coefficient (Wildman–Crippen LogP) is 4.93. The van der Waals surface area contributed by atoms with Gasteiger partial charge >= 0.3 is 12.2 Å². The minimum atomic E-state index is -4.55.